The summed E-state index contributed by atoms with van der Waals surface area (Å²) >= 11 is 0. The zero-order chi connectivity index (χ0) is 11.9. The minimum atomic E-state index is -0.888. The Bertz CT molecular complexity index is 233. The molecule has 0 amide bonds. The van der Waals surface area contributed by atoms with E-state index in [4.69, 9.17) is 9.47 Å². The van der Waals surface area contributed by atoms with E-state index in [2.05, 4.69) is 0 Å². The molecule has 0 aromatic heterocycles. The first-order chi connectivity index (χ1) is 6.58. The van der Waals surface area contributed by atoms with Crippen molar-refractivity contribution in [3.05, 3.63) is 0 Å². The average molecular weight is 216 g/mol. The van der Waals surface area contributed by atoms with Crippen LogP contribution in [0.5, 0.6) is 0 Å². The SMILES string of the molecule is CC(C)OCC1(O)CC(C)(C)OC1(C)C. The molecule has 0 bridgehead atoms. The van der Waals surface area contributed by atoms with Gasteiger partial charge in [-0.3, -0.25) is 0 Å². The molecule has 15 heavy (non-hydrogen) atoms. The van der Waals surface area contributed by atoms with Gasteiger partial charge in [0.05, 0.1) is 23.9 Å². The van der Waals surface area contributed by atoms with Crippen LogP contribution in [0.2, 0.25) is 0 Å². The Hall–Kier alpha value is -0.120. The van der Waals surface area contributed by atoms with E-state index in [0.717, 1.165) is 0 Å². The lowest BCUT2D eigenvalue weighted by atomic mass is 9.83. The van der Waals surface area contributed by atoms with Crippen molar-refractivity contribution in [3.63, 3.8) is 0 Å². The first kappa shape index (κ1) is 12.9. The van der Waals surface area contributed by atoms with Gasteiger partial charge < -0.3 is 14.6 Å². The number of hydrogen-bond donors (Lipinski definition) is 1. The van der Waals surface area contributed by atoms with Crippen molar-refractivity contribution in [2.24, 2.45) is 0 Å². The van der Waals surface area contributed by atoms with Crippen LogP contribution >= 0.6 is 0 Å². The Balaban J connectivity index is 2.74. The van der Waals surface area contributed by atoms with E-state index in [1.807, 2.05) is 41.5 Å². The Morgan fingerprint density at radius 3 is 2.13 bits per heavy atom. The van der Waals surface area contributed by atoms with Crippen molar-refractivity contribution in [3.8, 4) is 0 Å². The molecule has 90 valence electrons. The number of rotatable bonds is 3. The van der Waals surface area contributed by atoms with Crippen LogP contribution in [0.4, 0.5) is 0 Å². The molecule has 1 aliphatic heterocycles. The average Bonchev–Trinajstić information content (AvgIpc) is 2.12. The van der Waals surface area contributed by atoms with E-state index in [-0.39, 0.29) is 11.7 Å². The van der Waals surface area contributed by atoms with Crippen LogP contribution < -0.4 is 0 Å². The predicted octanol–water partition coefficient (Wildman–Crippen LogP) is 2.12. The minimum absolute atomic E-state index is 0.133. The van der Waals surface area contributed by atoms with E-state index < -0.39 is 11.2 Å². The topological polar surface area (TPSA) is 38.7 Å². The zero-order valence-electron chi connectivity index (χ0n) is 10.8. The summed E-state index contributed by atoms with van der Waals surface area (Å²) in [4.78, 5) is 0. The smallest absolute Gasteiger partial charge is 0.119 e. The fourth-order valence-corrected chi connectivity index (χ4v) is 2.27. The molecule has 3 heteroatoms. The summed E-state index contributed by atoms with van der Waals surface area (Å²) in [7, 11) is 0. The largest absolute Gasteiger partial charge is 0.384 e. The summed E-state index contributed by atoms with van der Waals surface area (Å²) in [5.74, 6) is 0. The van der Waals surface area contributed by atoms with Crippen LogP contribution in [0.25, 0.3) is 0 Å². The predicted molar refractivity (Wildman–Crippen MR) is 59.9 cm³/mol. The molecule has 0 aromatic carbocycles. The summed E-state index contributed by atoms with van der Waals surface area (Å²) in [5, 5.41) is 10.6. The standard InChI is InChI=1S/C12H24O3/c1-9(2)14-8-12(13)7-10(3,4)15-11(12,5)6/h9,13H,7-8H2,1-6H3. The van der Waals surface area contributed by atoms with E-state index in [1.165, 1.54) is 0 Å². The van der Waals surface area contributed by atoms with E-state index in [9.17, 15) is 5.11 Å². The molecule has 1 atom stereocenters. The van der Waals surface area contributed by atoms with Gasteiger partial charge in [0.15, 0.2) is 0 Å². The van der Waals surface area contributed by atoms with Crippen molar-refractivity contribution < 1.29 is 14.6 Å². The highest BCUT2D eigenvalue weighted by atomic mass is 16.6. The molecule has 1 rings (SSSR count). The second-order valence-corrected chi connectivity index (χ2v) is 5.94. The quantitative estimate of drug-likeness (QED) is 0.785. The summed E-state index contributed by atoms with van der Waals surface area (Å²) < 4.78 is 11.4. The van der Waals surface area contributed by atoms with Crippen molar-refractivity contribution in [2.75, 3.05) is 6.61 Å². The Labute approximate surface area is 92.8 Å². The molecule has 3 nitrogen and oxygen atoms in total. The molecular formula is C12H24O3. The molecule has 0 aliphatic carbocycles. The first-order valence-corrected chi connectivity index (χ1v) is 5.62. The Morgan fingerprint density at radius 1 is 1.27 bits per heavy atom. The summed E-state index contributed by atoms with van der Waals surface area (Å²) in [6.45, 7) is 12.1. The fraction of sp³-hybridized carbons (Fsp3) is 1.00. The molecule has 0 saturated carbocycles. The number of aliphatic hydroxyl groups is 1. The van der Waals surface area contributed by atoms with Crippen molar-refractivity contribution in [1.29, 1.82) is 0 Å². The van der Waals surface area contributed by atoms with Crippen molar-refractivity contribution >= 4 is 0 Å². The summed E-state index contributed by atoms with van der Waals surface area (Å²) in [6.07, 6.45) is 0.744. The number of hydrogen-bond acceptors (Lipinski definition) is 3. The number of ether oxygens (including phenoxy) is 2. The van der Waals surface area contributed by atoms with Gasteiger partial charge in [0.2, 0.25) is 0 Å². The Kier molecular flexibility index (Phi) is 3.21. The molecule has 1 saturated heterocycles. The van der Waals surface area contributed by atoms with Gasteiger partial charge in [-0.25, -0.2) is 0 Å². The Morgan fingerprint density at radius 2 is 1.80 bits per heavy atom. The molecule has 1 heterocycles. The summed E-state index contributed by atoms with van der Waals surface area (Å²) in [6, 6.07) is 0. The van der Waals surface area contributed by atoms with Gasteiger partial charge in [0.1, 0.15) is 5.60 Å². The molecule has 0 spiro atoms. The second-order valence-electron chi connectivity index (χ2n) is 5.94. The molecule has 1 fully saturated rings. The molecular weight excluding hydrogens is 192 g/mol. The van der Waals surface area contributed by atoms with Crippen LogP contribution in [0, 0.1) is 0 Å². The highest BCUT2D eigenvalue weighted by Crippen LogP contribution is 2.45. The fourth-order valence-electron chi connectivity index (χ4n) is 2.27. The summed E-state index contributed by atoms with van der Waals surface area (Å²) in [5.41, 5.74) is -1.72. The monoisotopic (exact) mass is 216 g/mol. The van der Waals surface area contributed by atoms with Gasteiger partial charge in [0, 0.05) is 6.42 Å². The third-order valence-electron chi connectivity index (χ3n) is 3.03. The van der Waals surface area contributed by atoms with Crippen LogP contribution in [0.1, 0.15) is 48.0 Å². The molecule has 1 unspecified atom stereocenters. The lowest BCUT2D eigenvalue weighted by Crippen LogP contribution is -2.50. The maximum atomic E-state index is 10.6. The molecule has 1 aliphatic rings. The normalized spacial score (nSPS) is 33.6. The lowest BCUT2D eigenvalue weighted by molar-refractivity contribution is -0.154. The van der Waals surface area contributed by atoms with Gasteiger partial charge in [-0.15, -0.1) is 0 Å². The van der Waals surface area contributed by atoms with Gasteiger partial charge >= 0.3 is 0 Å². The third kappa shape index (κ3) is 2.71. The van der Waals surface area contributed by atoms with Crippen LogP contribution in [0.3, 0.4) is 0 Å². The van der Waals surface area contributed by atoms with Crippen LogP contribution in [0.15, 0.2) is 0 Å². The van der Waals surface area contributed by atoms with E-state index >= 15 is 0 Å². The van der Waals surface area contributed by atoms with Crippen LogP contribution in [-0.4, -0.2) is 34.6 Å². The highest BCUT2D eigenvalue weighted by molar-refractivity contribution is 5.06. The zero-order valence-corrected chi connectivity index (χ0v) is 10.8. The van der Waals surface area contributed by atoms with Gasteiger partial charge in [0.25, 0.3) is 0 Å². The maximum Gasteiger partial charge on any atom is 0.119 e. The minimum Gasteiger partial charge on any atom is -0.384 e. The lowest BCUT2D eigenvalue weighted by Gasteiger charge is -2.35. The first-order valence-electron chi connectivity index (χ1n) is 5.62. The highest BCUT2D eigenvalue weighted by Gasteiger charge is 2.56. The van der Waals surface area contributed by atoms with Crippen molar-refractivity contribution in [2.45, 2.75) is 70.9 Å². The second kappa shape index (κ2) is 3.72. The van der Waals surface area contributed by atoms with Gasteiger partial charge in [-0.1, -0.05) is 0 Å². The third-order valence-corrected chi connectivity index (χ3v) is 3.03. The van der Waals surface area contributed by atoms with Gasteiger partial charge in [-0.05, 0) is 41.5 Å². The molecule has 0 aromatic rings. The van der Waals surface area contributed by atoms with E-state index in [0.29, 0.717) is 13.0 Å². The molecule has 0 radical (unpaired) electrons. The van der Waals surface area contributed by atoms with Crippen molar-refractivity contribution in [1.82, 2.24) is 0 Å². The molecule has 1 N–H and O–H groups in total. The maximum absolute atomic E-state index is 10.6. The van der Waals surface area contributed by atoms with Crippen LogP contribution in [-0.2, 0) is 9.47 Å². The van der Waals surface area contributed by atoms with Gasteiger partial charge in [-0.2, -0.15) is 0 Å². The van der Waals surface area contributed by atoms with E-state index in [1.54, 1.807) is 0 Å².